The Hall–Kier alpha value is -5.15. The van der Waals surface area contributed by atoms with Gasteiger partial charge in [0.05, 0.1) is 36.1 Å². The van der Waals surface area contributed by atoms with Crippen LogP contribution in [0.2, 0.25) is 0 Å². The molecule has 1 N–H and O–H groups in total. The van der Waals surface area contributed by atoms with Crippen LogP contribution in [0.25, 0.3) is 16.0 Å². The summed E-state index contributed by atoms with van der Waals surface area (Å²) in [5.74, 6) is -0.294. The first kappa shape index (κ1) is 27.0. The number of amides is 1. The zero-order valence-corrected chi connectivity index (χ0v) is 23.6. The molecule has 2 heterocycles. The van der Waals surface area contributed by atoms with Gasteiger partial charge in [0, 0.05) is 5.56 Å². The number of benzene rings is 4. The Kier molecular flexibility index (Phi) is 7.33. The Bertz CT molecular complexity index is 1820. The van der Waals surface area contributed by atoms with Crippen LogP contribution in [0, 0.1) is 0 Å². The lowest BCUT2D eigenvalue weighted by Crippen LogP contribution is -2.29. The normalized spacial score (nSPS) is 16.1. The van der Waals surface area contributed by atoms with E-state index in [2.05, 4.69) is 4.98 Å². The zero-order chi connectivity index (χ0) is 29.2. The molecular weight excluding hydrogens is 552 g/mol. The van der Waals surface area contributed by atoms with Crippen molar-refractivity contribution in [2.24, 2.45) is 0 Å². The van der Waals surface area contributed by atoms with Gasteiger partial charge in [-0.15, -0.1) is 0 Å². The summed E-state index contributed by atoms with van der Waals surface area (Å²) < 4.78 is 17.8. The van der Waals surface area contributed by atoms with Gasteiger partial charge in [-0.3, -0.25) is 14.5 Å². The number of nitrogens with zero attached hydrogens (tertiary/aromatic N) is 2. The summed E-state index contributed by atoms with van der Waals surface area (Å²) in [4.78, 5) is 33.2. The van der Waals surface area contributed by atoms with Crippen molar-refractivity contribution in [3.63, 3.8) is 0 Å². The van der Waals surface area contributed by atoms with Crippen LogP contribution in [0.15, 0.2) is 103 Å². The zero-order valence-electron chi connectivity index (χ0n) is 22.8. The Morgan fingerprint density at radius 2 is 1.62 bits per heavy atom. The summed E-state index contributed by atoms with van der Waals surface area (Å²) in [5, 5.41) is 11.7. The monoisotopic (exact) mass is 578 g/mol. The van der Waals surface area contributed by atoms with E-state index in [0.717, 1.165) is 10.3 Å². The first-order valence-electron chi connectivity index (χ1n) is 13.1. The van der Waals surface area contributed by atoms with Crippen molar-refractivity contribution < 1.29 is 28.9 Å². The van der Waals surface area contributed by atoms with Gasteiger partial charge in [0.2, 0.25) is 0 Å². The van der Waals surface area contributed by atoms with Crippen molar-refractivity contribution in [2.75, 3.05) is 19.1 Å². The lowest BCUT2D eigenvalue weighted by atomic mass is 9.95. The summed E-state index contributed by atoms with van der Waals surface area (Å²) in [5.41, 5.74) is 2.58. The van der Waals surface area contributed by atoms with Crippen molar-refractivity contribution in [1.82, 2.24) is 4.98 Å². The molecule has 1 unspecified atom stereocenters. The molecule has 6 rings (SSSR count). The van der Waals surface area contributed by atoms with Gasteiger partial charge in [-0.2, -0.15) is 0 Å². The highest BCUT2D eigenvalue weighted by molar-refractivity contribution is 7.22. The molecule has 1 amide bonds. The van der Waals surface area contributed by atoms with Gasteiger partial charge in [-0.1, -0.05) is 78.1 Å². The highest BCUT2D eigenvalue weighted by Crippen LogP contribution is 2.46. The van der Waals surface area contributed by atoms with E-state index >= 15 is 0 Å². The molecule has 4 aromatic carbocycles. The Balaban J connectivity index is 1.47. The van der Waals surface area contributed by atoms with E-state index in [9.17, 15) is 14.7 Å². The van der Waals surface area contributed by atoms with Crippen molar-refractivity contribution in [1.29, 1.82) is 0 Å². The van der Waals surface area contributed by atoms with Crippen LogP contribution in [-0.2, 0) is 16.2 Å². The number of thiazole rings is 1. The maximum absolute atomic E-state index is 13.6. The SMILES string of the molecule is COc1ccc2nc(N3C(=O)C(=O)/C(=C(/O)c4ccccc4)C3c3ccc(OCc4ccccc4)c(OC)c3)sc2c1. The van der Waals surface area contributed by atoms with Gasteiger partial charge in [0.15, 0.2) is 16.6 Å². The number of aromatic nitrogens is 1. The minimum absolute atomic E-state index is 0.0388. The van der Waals surface area contributed by atoms with E-state index in [0.29, 0.717) is 45.6 Å². The van der Waals surface area contributed by atoms with Gasteiger partial charge in [-0.05, 0) is 41.5 Å². The maximum atomic E-state index is 13.6. The maximum Gasteiger partial charge on any atom is 0.301 e. The largest absolute Gasteiger partial charge is 0.507 e. The van der Waals surface area contributed by atoms with Gasteiger partial charge in [-0.25, -0.2) is 4.98 Å². The van der Waals surface area contributed by atoms with Gasteiger partial charge >= 0.3 is 5.91 Å². The fraction of sp³-hybridized carbons (Fsp3) is 0.121. The molecule has 8 nitrogen and oxygen atoms in total. The third-order valence-corrected chi connectivity index (χ3v) is 8.04. The van der Waals surface area contributed by atoms with Crippen molar-refractivity contribution in [3.8, 4) is 17.2 Å². The number of ketones is 1. The fourth-order valence-corrected chi connectivity index (χ4v) is 5.95. The molecule has 0 aliphatic carbocycles. The Morgan fingerprint density at radius 3 is 2.33 bits per heavy atom. The molecule has 0 radical (unpaired) electrons. The predicted octanol–water partition coefficient (Wildman–Crippen LogP) is 6.52. The number of methoxy groups -OCH3 is 2. The highest BCUT2D eigenvalue weighted by atomic mass is 32.1. The second-order valence-electron chi connectivity index (χ2n) is 9.55. The molecule has 1 aliphatic rings. The number of carbonyl (C=O) groups excluding carboxylic acids is 2. The molecule has 1 aromatic heterocycles. The first-order chi connectivity index (χ1) is 20.5. The van der Waals surface area contributed by atoms with Crippen molar-refractivity contribution in [3.05, 3.63) is 119 Å². The Labute approximate surface area is 246 Å². The number of aliphatic hydroxyl groups is 1. The minimum atomic E-state index is -0.968. The summed E-state index contributed by atoms with van der Waals surface area (Å²) in [6.07, 6.45) is 0. The average Bonchev–Trinajstić information content (AvgIpc) is 3.57. The van der Waals surface area contributed by atoms with E-state index in [1.54, 1.807) is 67.8 Å². The van der Waals surface area contributed by atoms with Crippen molar-refractivity contribution in [2.45, 2.75) is 12.6 Å². The van der Waals surface area contributed by atoms with Crippen LogP contribution >= 0.6 is 11.3 Å². The number of hydrogen-bond donors (Lipinski definition) is 1. The summed E-state index contributed by atoms with van der Waals surface area (Å²) in [6.45, 7) is 0.332. The van der Waals surface area contributed by atoms with Gasteiger partial charge in [0.25, 0.3) is 5.78 Å². The molecule has 1 fully saturated rings. The molecule has 1 aliphatic heterocycles. The highest BCUT2D eigenvalue weighted by Gasteiger charge is 2.48. The Morgan fingerprint density at radius 1 is 0.881 bits per heavy atom. The van der Waals surface area contributed by atoms with Crippen molar-refractivity contribution >= 4 is 44.1 Å². The van der Waals surface area contributed by atoms with E-state index in [-0.39, 0.29) is 11.3 Å². The van der Waals surface area contributed by atoms with E-state index in [1.807, 2.05) is 36.4 Å². The second kappa shape index (κ2) is 11.4. The average molecular weight is 579 g/mol. The van der Waals surface area contributed by atoms with E-state index < -0.39 is 17.7 Å². The molecule has 5 aromatic rings. The predicted molar refractivity (Wildman–Crippen MR) is 161 cm³/mol. The summed E-state index contributed by atoms with van der Waals surface area (Å²) in [7, 11) is 3.10. The number of aliphatic hydroxyl groups excluding tert-OH is 1. The van der Waals surface area contributed by atoms with Crippen LogP contribution in [-0.4, -0.2) is 36.0 Å². The standard InChI is InChI=1S/C33H26N2O6S/c1-39-23-14-15-24-27(18-23)42-33(34-24)35-29(28(31(37)32(35)38)30(36)21-11-7-4-8-12-21)22-13-16-25(26(17-22)40-2)41-19-20-9-5-3-6-10-20/h3-18,29,36H,19H2,1-2H3/b30-28+. The van der Waals surface area contributed by atoms with Crippen LogP contribution in [0.1, 0.15) is 22.7 Å². The quantitative estimate of drug-likeness (QED) is 0.127. The molecule has 1 saturated heterocycles. The molecular formula is C33H26N2O6S. The third kappa shape index (κ3) is 4.95. The number of ether oxygens (including phenoxy) is 3. The minimum Gasteiger partial charge on any atom is -0.507 e. The molecule has 0 saturated carbocycles. The molecule has 9 heteroatoms. The molecule has 0 spiro atoms. The third-order valence-electron chi connectivity index (χ3n) is 7.02. The van der Waals surface area contributed by atoms with E-state index in [1.165, 1.54) is 23.3 Å². The summed E-state index contributed by atoms with van der Waals surface area (Å²) in [6, 6.07) is 28.1. The second-order valence-corrected chi connectivity index (χ2v) is 10.6. The number of rotatable bonds is 8. The van der Waals surface area contributed by atoms with Crippen LogP contribution in [0.4, 0.5) is 5.13 Å². The smallest absolute Gasteiger partial charge is 0.301 e. The lowest BCUT2D eigenvalue weighted by Gasteiger charge is -2.24. The molecule has 1 atom stereocenters. The number of anilines is 1. The number of fused-ring (bicyclic) bond motifs is 1. The topological polar surface area (TPSA) is 98.2 Å². The molecule has 42 heavy (non-hydrogen) atoms. The van der Waals surface area contributed by atoms with Gasteiger partial charge in [0.1, 0.15) is 18.1 Å². The molecule has 0 bridgehead atoms. The molecule has 210 valence electrons. The summed E-state index contributed by atoms with van der Waals surface area (Å²) >= 11 is 1.26. The first-order valence-corrected chi connectivity index (χ1v) is 14.0. The number of carbonyl (C=O) groups is 2. The van der Waals surface area contributed by atoms with Crippen LogP contribution in [0.5, 0.6) is 17.2 Å². The number of hydrogen-bond acceptors (Lipinski definition) is 8. The van der Waals surface area contributed by atoms with E-state index in [4.69, 9.17) is 14.2 Å². The fourth-order valence-electron chi connectivity index (χ4n) is 4.93. The number of Topliss-reactive ketones (excluding diaryl/α,β-unsaturated/α-hetero) is 1. The van der Waals surface area contributed by atoms with Crippen LogP contribution in [0.3, 0.4) is 0 Å². The lowest BCUT2D eigenvalue weighted by molar-refractivity contribution is -0.132. The van der Waals surface area contributed by atoms with Crippen LogP contribution < -0.4 is 19.1 Å². The van der Waals surface area contributed by atoms with Gasteiger partial charge < -0.3 is 19.3 Å².